The molecule has 0 spiro atoms. The number of aryl methyl sites for hydroxylation is 1. The maximum atomic E-state index is 12.4. The minimum absolute atomic E-state index is 0.455. The van der Waals surface area contributed by atoms with Crippen LogP contribution in [0, 0.1) is 0 Å². The summed E-state index contributed by atoms with van der Waals surface area (Å²) in [6.07, 6.45) is -1.54. The molecule has 2 rings (SSSR count). The van der Waals surface area contributed by atoms with Crippen LogP contribution in [-0.4, -0.2) is 9.78 Å². The molecule has 1 aromatic carbocycles. The van der Waals surface area contributed by atoms with Crippen LogP contribution in [0.4, 0.5) is 13.2 Å². The second kappa shape index (κ2) is 5.36. The maximum Gasteiger partial charge on any atom is 0.416 e. The van der Waals surface area contributed by atoms with Gasteiger partial charge in [0.05, 0.1) is 12.1 Å². The van der Waals surface area contributed by atoms with Crippen molar-refractivity contribution in [1.29, 1.82) is 0 Å². The van der Waals surface area contributed by atoms with E-state index in [9.17, 15) is 13.2 Å². The van der Waals surface area contributed by atoms with Crippen LogP contribution in [0.2, 0.25) is 0 Å². The summed E-state index contributed by atoms with van der Waals surface area (Å²) in [5.41, 5.74) is 1.23. The lowest BCUT2D eigenvalue weighted by Crippen LogP contribution is -2.05. The molecule has 2 aromatic rings. The Labute approximate surface area is 117 Å². The van der Waals surface area contributed by atoms with Gasteiger partial charge in [-0.2, -0.15) is 18.3 Å². The minimum atomic E-state index is -4.29. The first-order chi connectivity index (χ1) is 8.90. The Morgan fingerprint density at radius 3 is 2.32 bits per heavy atom. The fourth-order valence-electron chi connectivity index (χ4n) is 1.74. The van der Waals surface area contributed by atoms with Crippen LogP contribution in [0.1, 0.15) is 23.6 Å². The number of aromatic nitrogens is 2. The largest absolute Gasteiger partial charge is 0.416 e. The van der Waals surface area contributed by atoms with Crippen molar-refractivity contribution in [3.63, 3.8) is 0 Å². The summed E-state index contributed by atoms with van der Waals surface area (Å²) < 4.78 is 39.8. The van der Waals surface area contributed by atoms with E-state index in [0.717, 1.165) is 34.3 Å². The van der Waals surface area contributed by atoms with Crippen LogP contribution in [0.25, 0.3) is 0 Å². The fourth-order valence-corrected chi connectivity index (χ4v) is 2.33. The molecule has 2 nitrogen and oxygen atoms in total. The molecule has 0 aliphatic rings. The van der Waals surface area contributed by atoms with Crippen molar-refractivity contribution in [1.82, 2.24) is 9.78 Å². The van der Waals surface area contributed by atoms with Crippen LogP contribution in [0.15, 0.2) is 35.1 Å². The minimum Gasteiger partial charge on any atom is -0.267 e. The zero-order valence-electron chi connectivity index (χ0n) is 10.2. The molecule has 1 aromatic heterocycles. The van der Waals surface area contributed by atoms with Gasteiger partial charge in [0.15, 0.2) is 0 Å². The van der Waals surface area contributed by atoms with Gasteiger partial charge in [-0.1, -0.05) is 19.1 Å². The Morgan fingerprint density at radius 2 is 1.84 bits per heavy atom. The highest BCUT2D eigenvalue weighted by Gasteiger charge is 2.29. The third kappa shape index (κ3) is 3.37. The molecule has 0 saturated carbocycles. The van der Waals surface area contributed by atoms with Gasteiger partial charge in [-0.05, 0) is 40.0 Å². The summed E-state index contributed by atoms with van der Waals surface area (Å²) in [4.78, 5) is 0. The highest BCUT2D eigenvalue weighted by atomic mass is 79.9. The zero-order chi connectivity index (χ0) is 14.0. The van der Waals surface area contributed by atoms with E-state index in [1.165, 1.54) is 12.1 Å². The molecule has 0 aliphatic heterocycles. The Balaban J connectivity index is 2.15. The maximum absolute atomic E-state index is 12.4. The van der Waals surface area contributed by atoms with Crippen LogP contribution in [-0.2, 0) is 19.1 Å². The van der Waals surface area contributed by atoms with Gasteiger partial charge >= 0.3 is 6.18 Å². The second-order valence-electron chi connectivity index (χ2n) is 4.19. The molecule has 6 heteroatoms. The molecule has 102 valence electrons. The van der Waals surface area contributed by atoms with E-state index in [2.05, 4.69) is 21.0 Å². The molecular formula is C13H12BrF3N2. The summed E-state index contributed by atoms with van der Waals surface area (Å²) in [7, 11) is 0. The van der Waals surface area contributed by atoms with Crippen LogP contribution < -0.4 is 0 Å². The van der Waals surface area contributed by atoms with E-state index in [4.69, 9.17) is 0 Å². The number of rotatable bonds is 3. The van der Waals surface area contributed by atoms with Gasteiger partial charge in [-0.3, -0.25) is 4.68 Å². The van der Waals surface area contributed by atoms with E-state index in [1.807, 2.05) is 13.1 Å². The Hall–Kier alpha value is -1.30. The molecule has 0 unspecified atom stereocenters. The quantitative estimate of drug-likeness (QED) is 0.820. The van der Waals surface area contributed by atoms with Gasteiger partial charge in [-0.25, -0.2) is 0 Å². The number of benzene rings is 1. The molecule has 0 bridgehead atoms. The van der Waals surface area contributed by atoms with E-state index in [0.29, 0.717) is 6.54 Å². The molecule has 1 heterocycles. The lowest BCUT2D eigenvalue weighted by molar-refractivity contribution is -0.137. The van der Waals surface area contributed by atoms with E-state index in [1.54, 1.807) is 4.68 Å². The van der Waals surface area contributed by atoms with Crippen LogP contribution in [0.3, 0.4) is 0 Å². The first-order valence-corrected chi connectivity index (χ1v) is 6.57. The molecule has 19 heavy (non-hydrogen) atoms. The Kier molecular flexibility index (Phi) is 3.99. The molecule has 0 amide bonds. The Bertz CT molecular complexity index is 558. The first-order valence-electron chi connectivity index (χ1n) is 5.78. The zero-order valence-corrected chi connectivity index (χ0v) is 11.8. The van der Waals surface area contributed by atoms with Crippen molar-refractivity contribution in [2.45, 2.75) is 26.1 Å². The highest BCUT2D eigenvalue weighted by molar-refractivity contribution is 9.10. The van der Waals surface area contributed by atoms with Gasteiger partial charge in [0.2, 0.25) is 0 Å². The summed E-state index contributed by atoms with van der Waals surface area (Å²) in [6.45, 7) is 2.47. The van der Waals surface area contributed by atoms with Gasteiger partial charge in [0.25, 0.3) is 0 Å². The van der Waals surface area contributed by atoms with Gasteiger partial charge < -0.3 is 0 Å². The number of hydrogen-bond acceptors (Lipinski definition) is 1. The van der Waals surface area contributed by atoms with Crippen molar-refractivity contribution in [3.05, 3.63) is 51.8 Å². The van der Waals surface area contributed by atoms with Gasteiger partial charge in [0.1, 0.15) is 4.60 Å². The predicted molar refractivity (Wildman–Crippen MR) is 69.9 cm³/mol. The molecule has 0 atom stereocenters. The molecule has 0 N–H and O–H groups in total. The van der Waals surface area contributed by atoms with E-state index in [-0.39, 0.29) is 0 Å². The molecular weight excluding hydrogens is 321 g/mol. The summed E-state index contributed by atoms with van der Waals surface area (Å²) in [5.74, 6) is 0. The van der Waals surface area contributed by atoms with Gasteiger partial charge in [0, 0.05) is 11.8 Å². The molecule has 0 aliphatic carbocycles. The summed E-state index contributed by atoms with van der Waals surface area (Å²) in [5, 5.41) is 4.26. The van der Waals surface area contributed by atoms with Crippen molar-refractivity contribution in [2.24, 2.45) is 0 Å². The second-order valence-corrected chi connectivity index (χ2v) is 4.94. The number of alkyl halides is 3. The SMILES string of the molecule is CCc1cn(Cc2ccc(C(F)(F)F)cc2)nc1Br. The molecule has 0 fully saturated rings. The average molecular weight is 333 g/mol. The van der Waals surface area contributed by atoms with Crippen molar-refractivity contribution in [2.75, 3.05) is 0 Å². The molecule has 0 radical (unpaired) electrons. The third-order valence-electron chi connectivity index (χ3n) is 2.79. The van der Waals surface area contributed by atoms with Crippen molar-refractivity contribution < 1.29 is 13.2 Å². The normalized spacial score (nSPS) is 11.8. The first kappa shape index (κ1) is 14.1. The molecule has 0 saturated heterocycles. The standard InChI is InChI=1S/C13H12BrF3N2/c1-2-10-8-19(18-12(10)14)7-9-3-5-11(6-4-9)13(15,16)17/h3-6,8H,2,7H2,1H3. The summed E-state index contributed by atoms with van der Waals surface area (Å²) in [6, 6.07) is 5.14. The van der Waals surface area contributed by atoms with Crippen LogP contribution >= 0.6 is 15.9 Å². The topological polar surface area (TPSA) is 17.8 Å². The van der Waals surface area contributed by atoms with Crippen LogP contribution in [0.5, 0.6) is 0 Å². The summed E-state index contributed by atoms with van der Waals surface area (Å²) >= 11 is 3.35. The number of halogens is 4. The van der Waals surface area contributed by atoms with Crippen molar-refractivity contribution in [3.8, 4) is 0 Å². The number of hydrogen-bond donors (Lipinski definition) is 0. The smallest absolute Gasteiger partial charge is 0.267 e. The fraction of sp³-hybridized carbons (Fsp3) is 0.308. The predicted octanol–water partition coefficient (Wildman–Crippen LogP) is 4.28. The highest BCUT2D eigenvalue weighted by Crippen LogP contribution is 2.29. The lowest BCUT2D eigenvalue weighted by atomic mass is 10.1. The van der Waals surface area contributed by atoms with Gasteiger partial charge in [-0.15, -0.1) is 0 Å². The van der Waals surface area contributed by atoms with Crippen molar-refractivity contribution >= 4 is 15.9 Å². The monoisotopic (exact) mass is 332 g/mol. The van der Waals surface area contributed by atoms with E-state index >= 15 is 0 Å². The third-order valence-corrected chi connectivity index (χ3v) is 3.46. The lowest BCUT2D eigenvalue weighted by Gasteiger charge is -2.07. The van der Waals surface area contributed by atoms with E-state index < -0.39 is 11.7 Å². The average Bonchev–Trinajstić information content (AvgIpc) is 2.69. The number of nitrogens with zero attached hydrogens (tertiary/aromatic N) is 2. The Morgan fingerprint density at radius 1 is 1.21 bits per heavy atom.